The zero-order chi connectivity index (χ0) is 20.1. The number of ether oxygens (including phenoxy) is 1. The highest BCUT2D eigenvalue weighted by Crippen LogP contribution is 2.33. The van der Waals surface area contributed by atoms with Gasteiger partial charge in [0.15, 0.2) is 0 Å². The molecule has 1 aliphatic heterocycles. The van der Waals surface area contributed by atoms with Crippen molar-refractivity contribution in [2.45, 2.75) is 13.1 Å². The summed E-state index contributed by atoms with van der Waals surface area (Å²) in [7, 11) is 1.38. The Labute approximate surface area is 159 Å². The SMILES string of the molecule is COC(=O)C1CN(c2cccc(-n3c(C)nc4cc(C(F)(F)F)ccc43)c2)C1. The van der Waals surface area contributed by atoms with Gasteiger partial charge in [-0.3, -0.25) is 9.36 Å². The number of rotatable bonds is 3. The molecule has 0 amide bonds. The summed E-state index contributed by atoms with van der Waals surface area (Å²) in [5.41, 5.74) is 1.93. The normalized spacial score (nSPS) is 15.0. The van der Waals surface area contributed by atoms with E-state index in [-0.39, 0.29) is 11.9 Å². The third-order valence-electron chi connectivity index (χ3n) is 5.02. The minimum Gasteiger partial charge on any atom is -0.469 e. The van der Waals surface area contributed by atoms with E-state index >= 15 is 0 Å². The minimum absolute atomic E-state index is 0.134. The van der Waals surface area contributed by atoms with Gasteiger partial charge in [-0.1, -0.05) is 6.07 Å². The smallest absolute Gasteiger partial charge is 0.416 e. The van der Waals surface area contributed by atoms with Gasteiger partial charge in [0, 0.05) is 24.5 Å². The summed E-state index contributed by atoms with van der Waals surface area (Å²) in [5.74, 6) is 0.247. The second-order valence-corrected chi connectivity index (χ2v) is 6.84. The van der Waals surface area contributed by atoms with E-state index in [1.54, 1.807) is 6.92 Å². The standard InChI is InChI=1S/C20H18F3N3O2/c1-12-24-17-8-14(20(21,22)23)6-7-18(17)26(12)16-5-3-4-15(9-16)25-10-13(11-25)19(27)28-2/h3-9,13H,10-11H2,1-2H3. The first kappa shape index (κ1) is 18.3. The van der Waals surface area contributed by atoms with Crippen LogP contribution in [0.5, 0.6) is 0 Å². The van der Waals surface area contributed by atoms with Crippen LogP contribution in [0.3, 0.4) is 0 Å². The predicted molar refractivity (Wildman–Crippen MR) is 98.5 cm³/mol. The van der Waals surface area contributed by atoms with E-state index < -0.39 is 11.7 Å². The molecule has 0 aliphatic carbocycles. The Morgan fingerprint density at radius 3 is 2.54 bits per heavy atom. The lowest BCUT2D eigenvalue weighted by atomic mass is 9.99. The number of methoxy groups -OCH3 is 1. The van der Waals surface area contributed by atoms with E-state index in [9.17, 15) is 18.0 Å². The topological polar surface area (TPSA) is 47.4 Å². The third kappa shape index (κ3) is 3.08. The maximum Gasteiger partial charge on any atom is 0.416 e. The molecule has 3 aromatic rings. The molecule has 0 spiro atoms. The molecule has 0 N–H and O–H groups in total. The van der Waals surface area contributed by atoms with Gasteiger partial charge in [-0.05, 0) is 43.3 Å². The van der Waals surface area contributed by atoms with Gasteiger partial charge in [0.25, 0.3) is 0 Å². The summed E-state index contributed by atoms with van der Waals surface area (Å²) in [5, 5.41) is 0. The van der Waals surface area contributed by atoms with Crippen molar-refractivity contribution in [2.24, 2.45) is 5.92 Å². The maximum absolute atomic E-state index is 13.0. The number of aryl methyl sites for hydroxylation is 1. The van der Waals surface area contributed by atoms with Crippen LogP contribution in [0, 0.1) is 12.8 Å². The Hall–Kier alpha value is -3.03. The molecule has 8 heteroatoms. The first-order chi connectivity index (χ1) is 13.3. The molecule has 0 atom stereocenters. The molecule has 0 bridgehead atoms. The van der Waals surface area contributed by atoms with E-state index in [4.69, 9.17) is 4.74 Å². The second kappa shape index (κ2) is 6.54. The fourth-order valence-electron chi connectivity index (χ4n) is 3.54. The molecule has 2 heterocycles. The number of esters is 1. The van der Waals surface area contributed by atoms with Crippen LogP contribution in [0.4, 0.5) is 18.9 Å². The third-order valence-corrected chi connectivity index (χ3v) is 5.02. The Kier molecular flexibility index (Phi) is 4.28. The Bertz CT molecular complexity index is 1050. The number of hydrogen-bond donors (Lipinski definition) is 0. The molecule has 1 saturated heterocycles. The summed E-state index contributed by atoms with van der Waals surface area (Å²) >= 11 is 0. The summed E-state index contributed by atoms with van der Waals surface area (Å²) in [4.78, 5) is 17.9. The number of hydrogen-bond acceptors (Lipinski definition) is 4. The van der Waals surface area contributed by atoms with Gasteiger partial charge in [-0.2, -0.15) is 13.2 Å². The van der Waals surface area contributed by atoms with Crippen LogP contribution in [0.2, 0.25) is 0 Å². The van der Waals surface area contributed by atoms with Crippen LogP contribution in [-0.4, -0.2) is 35.7 Å². The van der Waals surface area contributed by atoms with E-state index in [1.165, 1.54) is 13.2 Å². The first-order valence-electron chi connectivity index (χ1n) is 8.77. The number of carbonyl (C=O) groups excluding carboxylic acids is 1. The van der Waals surface area contributed by atoms with Crippen molar-refractivity contribution >= 4 is 22.7 Å². The van der Waals surface area contributed by atoms with Crippen LogP contribution >= 0.6 is 0 Å². The van der Waals surface area contributed by atoms with Gasteiger partial charge in [-0.15, -0.1) is 0 Å². The molecular weight excluding hydrogens is 371 g/mol. The number of imidazole rings is 1. The van der Waals surface area contributed by atoms with Crippen molar-refractivity contribution in [3.8, 4) is 5.69 Å². The lowest BCUT2D eigenvalue weighted by molar-refractivity contribution is -0.146. The van der Waals surface area contributed by atoms with E-state index in [2.05, 4.69) is 9.88 Å². The summed E-state index contributed by atoms with van der Waals surface area (Å²) in [6.45, 7) is 2.92. The zero-order valence-electron chi connectivity index (χ0n) is 15.3. The van der Waals surface area contributed by atoms with Gasteiger partial charge in [0.05, 0.1) is 29.6 Å². The van der Waals surface area contributed by atoms with Crippen molar-refractivity contribution < 1.29 is 22.7 Å². The second-order valence-electron chi connectivity index (χ2n) is 6.84. The fraction of sp³-hybridized carbons (Fsp3) is 0.300. The van der Waals surface area contributed by atoms with Crippen molar-refractivity contribution in [3.63, 3.8) is 0 Å². The molecule has 0 unspecified atom stereocenters. The molecule has 1 aromatic heterocycles. The molecule has 28 heavy (non-hydrogen) atoms. The number of benzene rings is 2. The number of anilines is 1. The van der Waals surface area contributed by atoms with Crippen LogP contribution in [0.1, 0.15) is 11.4 Å². The van der Waals surface area contributed by atoms with Gasteiger partial charge in [-0.25, -0.2) is 4.98 Å². The highest BCUT2D eigenvalue weighted by Gasteiger charge is 2.34. The number of nitrogens with zero attached hydrogens (tertiary/aromatic N) is 3. The van der Waals surface area contributed by atoms with Crippen molar-refractivity contribution in [1.82, 2.24) is 9.55 Å². The quantitative estimate of drug-likeness (QED) is 0.636. The van der Waals surface area contributed by atoms with Gasteiger partial charge in [0.2, 0.25) is 0 Å². The molecule has 1 aliphatic rings. The van der Waals surface area contributed by atoms with Crippen molar-refractivity contribution in [1.29, 1.82) is 0 Å². The molecule has 146 valence electrons. The molecule has 0 radical (unpaired) electrons. The van der Waals surface area contributed by atoms with Crippen LogP contribution in [0.15, 0.2) is 42.5 Å². The van der Waals surface area contributed by atoms with Gasteiger partial charge < -0.3 is 9.64 Å². The number of aromatic nitrogens is 2. The molecule has 4 rings (SSSR count). The number of halogens is 3. The average Bonchev–Trinajstić information content (AvgIpc) is 2.94. The average molecular weight is 389 g/mol. The highest BCUT2D eigenvalue weighted by atomic mass is 19.4. The highest BCUT2D eigenvalue weighted by molar-refractivity contribution is 5.80. The first-order valence-corrected chi connectivity index (χ1v) is 8.77. The monoisotopic (exact) mass is 389 g/mol. The van der Waals surface area contributed by atoms with Crippen molar-refractivity contribution in [3.05, 3.63) is 53.9 Å². The Balaban J connectivity index is 1.67. The number of fused-ring (bicyclic) bond motifs is 1. The molecule has 5 nitrogen and oxygen atoms in total. The van der Waals surface area contributed by atoms with Crippen molar-refractivity contribution in [2.75, 3.05) is 25.1 Å². The molecular formula is C20H18F3N3O2. The minimum atomic E-state index is -4.40. The Morgan fingerprint density at radius 1 is 1.14 bits per heavy atom. The molecule has 1 fully saturated rings. The lowest BCUT2D eigenvalue weighted by Crippen LogP contribution is -2.50. The van der Waals surface area contributed by atoms with E-state index in [0.29, 0.717) is 29.9 Å². The summed E-state index contributed by atoms with van der Waals surface area (Å²) in [6, 6.07) is 11.2. The summed E-state index contributed by atoms with van der Waals surface area (Å²) < 4.78 is 45.5. The predicted octanol–water partition coefficient (Wildman–Crippen LogP) is 3.96. The number of carbonyl (C=O) groups is 1. The zero-order valence-corrected chi connectivity index (χ0v) is 15.3. The van der Waals surface area contributed by atoms with E-state index in [1.807, 2.05) is 28.8 Å². The van der Waals surface area contributed by atoms with Crippen LogP contribution in [-0.2, 0) is 15.7 Å². The maximum atomic E-state index is 13.0. The van der Waals surface area contributed by atoms with Crippen LogP contribution < -0.4 is 4.90 Å². The number of alkyl halides is 3. The van der Waals surface area contributed by atoms with Crippen LogP contribution in [0.25, 0.3) is 16.7 Å². The Morgan fingerprint density at radius 2 is 1.86 bits per heavy atom. The summed E-state index contributed by atoms with van der Waals surface area (Å²) in [6.07, 6.45) is -4.40. The van der Waals surface area contributed by atoms with Gasteiger partial charge >= 0.3 is 12.1 Å². The van der Waals surface area contributed by atoms with Gasteiger partial charge in [0.1, 0.15) is 5.82 Å². The lowest BCUT2D eigenvalue weighted by Gasteiger charge is -2.39. The largest absolute Gasteiger partial charge is 0.469 e. The van der Waals surface area contributed by atoms with E-state index in [0.717, 1.165) is 23.5 Å². The fourth-order valence-corrected chi connectivity index (χ4v) is 3.54. The molecule has 2 aromatic carbocycles. The molecule has 0 saturated carbocycles.